The van der Waals surface area contributed by atoms with Crippen molar-refractivity contribution in [3.05, 3.63) is 58.5 Å². The van der Waals surface area contributed by atoms with Crippen molar-refractivity contribution in [2.24, 2.45) is 0 Å². The molecule has 0 atom stereocenters. The number of nitrogens with one attached hydrogen (secondary N) is 1. The Labute approximate surface area is 169 Å². The average molecular weight is 424 g/mol. The Bertz CT molecular complexity index is 1030. The number of carbonyl (C=O) groups excluding carboxylic acids is 1. The lowest BCUT2D eigenvalue weighted by Crippen LogP contribution is -2.48. The molecular weight excluding hydrogens is 407 g/mol. The fourth-order valence-corrected chi connectivity index (χ4v) is 3.43. The van der Waals surface area contributed by atoms with E-state index in [4.69, 9.17) is 11.6 Å². The third-order valence-corrected chi connectivity index (χ3v) is 5.07. The van der Waals surface area contributed by atoms with Gasteiger partial charge >= 0.3 is 6.18 Å². The summed E-state index contributed by atoms with van der Waals surface area (Å²) in [6, 6.07) is 8.51. The molecule has 1 fully saturated rings. The summed E-state index contributed by atoms with van der Waals surface area (Å²) in [7, 11) is 0. The number of H-pyrrole nitrogens is 1. The number of halogens is 4. The highest BCUT2D eigenvalue weighted by molar-refractivity contribution is 6.29. The first-order valence-corrected chi connectivity index (χ1v) is 9.37. The van der Waals surface area contributed by atoms with Crippen molar-refractivity contribution in [1.82, 2.24) is 24.8 Å². The Morgan fingerprint density at radius 1 is 1.03 bits per heavy atom. The summed E-state index contributed by atoms with van der Waals surface area (Å²) in [5, 5.41) is 0.305. The molecule has 1 aliphatic heterocycles. The van der Waals surface area contributed by atoms with Crippen molar-refractivity contribution >= 4 is 28.7 Å². The molecule has 3 heterocycles. The highest BCUT2D eigenvalue weighted by Crippen LogP contribution is 2.29. The Balaban J connectivity index is 1.35. The molecule has 0 saturated carbocycles. The molecule has 6 nitrogen and oxygen atoms in total. The summed E-state index contributed by atoms with van der Waals surface area (Å²) in [5.74, 6) is -0.000686. The third kappa shape index (κ3) is 4.35. The van der Waals surface area contributed by atoms with Gasteiger partial charge in [-0.05, 0) is 29.8 Å². The topological polar surface area (TPSA) is 65.1 Å². The number of pyridine rings is 1. The maximum Gasteiger partial charge on any atom is 0.416 e. The molecule has 2 aromatic heterocycles. The van der Waals surface area contributed by atoms with Crippen LogP contribution in [-0.4, -0.2) is 56.8 Å². The highest BCUT2D eigenvalue weighted by Gasteiger charge is 2.30. The van der Waals surface area contributed by atoms with Gasteiger partial charge in [0.15, 0.2) is 11.5 Å². The number of hydrogen-bond acceptors (Lipinski definition) is 4. The average Bonchev–Trinajstić information content (AvgIpc) is 3.11. The van der Waals surface area contributed by atoms with E-state index in [2.05, 4.69) is 19.9 Å². The first-order valence-electron chi connectivity index (χ1n) is 8.99. The Morgan fingerprint density at radius 2 is 1.72 bits per heavy atom. The number of hydrogen-bond donors (Lipinski definition) is 1. The molecule has 0 unspecified atom stereocenters. The van der Waals surface area contributed by atoms with Gasteiger partial charge in [0.1, 0.15) is 5.15 Å². The van der Waals surface area contributed by atoms with E-state index in [1.54, 1.807) is 17.0 Å². The second-order valence-electron chi connectivity index (χ2n) is 6.85. The van der Waals surface area contributed by atoms with Gasteiger partial charge in [-0.2, -0.15) is 13.2 Å². The number of amides is 1. The van der Waals surface area contributed by atoms with Gasteiger partial charge in [0, 0.05) is 32.7 Å². The third-order valence-electron chi connectivity index (χ3n) is 4.86. The molecule has 1 aliphatic rings. The number of benzene rings is 1. The number of carbonyl (C=O) groups is 1. The van der Waals surface area contributed by atoms with Crippen molar-refractivity contribution in [3.8, 4) is 0 Å². The van der Waals surface area contributed by atoms with Gasteiger partial charge in [0.25, 0.3) is 5.91 Å². The van der Waals surface area contributed by atoms with Crippen molar-refractivity contribution in [2.45, 2.75) is 12.7 Å². The number of fused-ring (bicyclic) bond motifs is 1. The van der Waals surface area contributed by atoms with Crippen LogP contribution in [0, 0.1) is 0 Å². The van der Waals surface area contributed by atoms with E-state index in [0.29, 0.717) is 49.0 Å². The predicted octanol–water partition coefficient (Wildman–Crippen LogP) is 3.59. The van der Waals surface area contributed by atoms with Crippen molar-refractivity contribution < 1.29 is 18.0 Å². The minimum atomic E-state index is -4.33. The summed E-state index contributed by atoms with van der Waals surface area (Å²) in [4.78, 5) is 27.8. The summed E-state index contributed by atoms with van der Waals surface area (Å²) >= 11 is 5.85. The molecule has 1 aromatic carbocycles. The fraction of sp³-hybridized carbons (Fsp3) is 0.316. The second-order valence-corrected chi connectivity index (χ2v) is 7.24. The van der Waals surface area contributed by atoms with Crippen molar-refractivity contribution in [1.29, 1.82) is 0 Å². The number of imidazole rings is 1. The normalized spacial score (nSPS) is 15.8. The molecule has 152 valence electrons. The standard InChI is InChI=1S/C19H17ClF3N5O/c20-15-6-5-14-16(25-15)26-17(24-14)18(29)28-9-7-27(8-10-28)11-12-1-3-13(4-2-12)19(21,22)23/h1-6H,7-11H2,(H,24,25,26). The zero-order chi connectivity index (χ0) is 20.6. The van der Waals surface area contributed by atoms with Crippen LogP contribution in [0.3, 0.4) is 0 Å². The fourth-order valence-electron chi connectivity index (χ4n) is 3.29. The van der Waals surface area contributed by atoms with Crippen LogP contribution in [0.4, 0.5) is 13.2 Å². The van der Waals surface area contributed by atoms with Crippen LogP contribution in [0.1, 0.15) is 21.7 Å². The van der Waals surface area contributed by atoms with Gasteiger partial charge < -0.3 is 9.88 Å². The lowest BCUT2D eigenvalue weighted by molar-refractivity contribution is -0.137. The molecule has 0 spiro atoms. The lowest BCUT2D eigenvalue weighted by atomic mass is 10.1. The Hall–Kier alpha value is -2.65. The van der Waals surface area contributed by atoms with Gasteiger partial charge in [-0.25, -0.2) is 9.97 Å². The number of rotatable bonds is 3. The van der Waals surface area contributed by atoms with Gasteiger partial charge in [-0.1, -0.05) is 23.7 Å². The van der Waals surface area contributed by atoms with Crippen molar-refractivity contribution in [3.63, 3.8) is 0 Å². The van der Waals surface area contributed by atoms with E-state index in [-0.39, 0.29) is 11.7 Å². The molecule has 0 radical (unpaired) electrons. The van der Waals surface area contributed by atoms with E-state index in [9.17, 15) is 18.0 Å². The number of aromatic nitrogens is 3. The smallest absolute Gasteiger partial charge is 0.333 e. The van der Waals surface area contributed by atoms with E-state index in [0.717, 1.165) is 17.7 Å². The molecule has 0 bridgehead atoms. The number of piperazine rings is 1. The summed E-state index contributed by atoms with van der Waals surface area (Å²) < 4.78 is 38.0. The van der Waals surface area contributed by atoms with Crippen LogP contribution in [0.15, 0.2) is 36.4 Å². The van der Waals surface area contributed by atoms with Gasteiger partial charge in [0.05, 0.1) is 11.1 Å². The molecule has 0 aliphatic carbocycles. The van der Waals surface area contributed by atoms with Crippen LogP contribution < -0.4 is 0 Å². The monoisotopic (exact) mass is 423 g/mol. The summed E-state index contributed by atoms with van der Waals surface area (Å²) in [5.41, 5.74) is 1.18. The first kappa shape index (κ1) is 19.7. The van der Waals surface area contributed by atoms with Crippen LogP contribution in [0.2, 0.25) is 5.15 Å². The van der Waals surface area contributed by atoms with E-state index in [1.807, 2.05) is 0 Å². The maximum absolute atomic E-state index is 12.7. The van der Waals surface area contributed by atoms with Crippen LogP contribution in [-0.2, 0) is 12.7 Å². The first-order chi connectivity index (χ1) is 13.8. The Kier molecular flexibility index (Phi) is 5.18. The molecule has 3 aromatic rings. The minimum absolute atomic E-state index is 0.214. The van der Waals surface area contributed by atoms with Crippen molar-refractivity contribution in [2.75, 3.05) is 26.2 Å². The minimum Gasteiger partial charge on any atom is -0.333 e. The maximum atomic E-state index is 12.7. The van der Waals surface area contributed by atoms with Crippen LogP contribution >= 0.6 is 11.6 Å². The zero-order valence-corrected chi connectivity index (χ0v) is 16.0. The van der Waals surface area contributed by atoms with E-state index >= 15 is 0 Å². The Morgan fingerprint density at radius 3 is 2.38 bits per heavy atom. The largest absolute Gasteiger partial charge is 0.416 e. The SMILES string of the molecule is O=C(c1nc2nc(Cl)ccc2[nH]1)N1CCN(Cc2ccc(C(F)(F)F)cc2)CC1. The van der Waals surface area contributed by atoms with E-state index in [1.165, 1.54) is 12.1 Å². The highest BCUT2D eigenvalue weighted by atomic mass is 35.5. The number of aromatic amines is 1. The summed E-state index contributed by atoms with van der Waals surface area (Å²) in [6.45, 7) is 2.79. The molecule has 29 heavy (non-hydrogen) atoms. The lowest BCUT2D eigenvalue weighted by Gasteiger charge is -2.34. The van der Waals surface area contributed by atoms with Gasteiger partial charge in [0.2, 0.25) is 0 Å². The quantitative estimate of drug-likeness (QED) is 0.654. The molecule has 4 rings (SSSR count). The molecule has 1 saturated heterocycles. The van der Waals surface area contributed by atoms with E-state index < -0.39 is 11.7 Å². The summed E-state index contributed by atoms with van der Waals surface area (Å²) in [6.07, 6.45) is -4.33. The number of alkyl halides is 3. The van der Waals surface area contributed by atoms with Crippen LogP contribution in [0.25, 0.3) is 11.2 Å². The molecule has 1 N–H and O–H groups in total. The number of nitrogens with zero attached hydrogens (tertiary/aromatic N) is 4. The van der Waals surface area contributed by atoms with Gasteiger partial charge in [-0.3, -0.25) is 9.69 Å². The molecule has 1 amide bonds. The molecule has 10 heteroatoms. The predicted molar refractivity (Wildman–Crippen MR) is 102 cm³/mol. The zero-order valence-electron chi connectivity index (χ0n) is 15.2. The van der Waals surface area contributed by atoms with Crippen LogP contribution in [0.5, 0.6) is 0 Å². The second kappa shape index (κ2) is 7.64. The van der Waals surface area contributed by atoms with Gasteiger partial charge in [-0.15, -0.1) is 0 Å². The molecular formula is C19H17ClF3N5O.